The van der Waals surface area contributed by atoms with E-state index in [0.29, 0.717) is 22.6 Å². The second-order valence-electron chi connectivity index (χ2n) is 28.9. The molecule has 19 rings (SSSR count). The van der Waals surface area contributed by atoms with Crippen LogP contribution in [0.4, 0.5) is 45.5 Å². The van der Waals surface area contributed by atoms with Crippen molar-refractivity contribution in [2.24, 2.45) is 0 Å². The molecule has 4 aromatic heterocycles. The quantitative estimate of drug-likeness (QED) is 0.0791. The Morgan fingerprint density at radius 2 is 0.593 bits per heavy atom. The number of aromatic nitrogens is 4. The predicted octanol–water partition coefficient (Wildman–Crippen LogP) is 30.2. The largest absolute Gasteiger partial charge is 2.00 e. The molecule has 0 aliphatic rings. The molecule has 9 nitrogen and oxygen atoms in total. The predicted molar refractivity (Wildman–Crippen MR) is 500 cm³/mol. The molecule has 0 spiro atoms. The van der Waals surface area contributed by atoms with E-state index in [2.05, 4.69) is 339 Å². The fourth-order valence-electron chi connectivity index (χ4n) is 15.0. The van der Waals surface area contributed by atoms with Crippen LogP contribution in [0.5, 0.6) is 0 Å². The van der Waals surface area contributed by atoms with Crippen molar-refractivity contribution in [3.8, 4) is 140 Å². The summed E-state index contributed by atoms with van der Waals surface area (Å²) in [4.78, 5) is 31.5. The van der Waals surface area contributed by atoms with Gasteiger partial charge in [0.15, 0.2) is 5.69 Å². The first kappa shape index (κ1) is 80.4. The van der Waals surface area contributed by atoms with Crippen LogP contribution in [-0.2, 0) is 21.1 Å². The molecule has 0 saturated carbocycles. The van der Waals surface area contributed by atoms with E-state index in [1.807, 2.05) is 140 Å². The number of para-hydroxylation sites is 2. The van der Waals surface area contributed by atoms with E-state index in [9.17, 15) is 0 Å². The van der Waals surface area contributed by atoms with Gasteiger partial charge in [-0.15, -0.1) is 47.5 Å². The number of pyridine rings is 4. The number of hydrogen-bond acceptors (Lipinski definition) is 7. The van der Waals surface area contributed by atoms with Crippen molar-refractivity contribution in [3.63, 3.8) is 0 Å². The summed E-state index contributed by atoms with van der Waals surface area (Å²) < 4.78 is 0. The molecule has 10 heteroatoms. The molecule has 0 unspecified atom stereocenters. The van der Waals surface area contributed by atoms with Crippen LogP contribution in [-0.4, -0.2) is 19.9 Å². The number of hydrogen-bond donors (Lipinski definition) is 0. The zero-order chi connectivity index (χ0) is 82.6. The van der Waals surface area contributed by atoms with Gasteiger partial charge < -0.3 is 19.8 Å². The first-order valence-electron chi connectivity index (χ1n) is 40.1. The van der Waals surface area contributed by atoms with Gasteiger partial charge in [-0.1, -0.05) is 315 Å². The zero-order valence-electron chi connectivity index (χ0n) is 66.6. The zero-order valence-corrected chi connectivity index (χ0v) is 68.9. The van der Waals surface area contributed by atoms with Gasteiger partial charge in [-0.25, -0.2) is 4.85 Å². The Kier molecular flexibility index (Phi) is 25.4. The Morgan fingerprint density at radius 3 is 1.07 bits per heavy atom. The van der Waals surface area contributed by atoms with Crippen molar-refractivity contribution in [3.05, 3.63) is 496 Å². The Hall–Kier alpha value is -16.3. The Bertz CT molecular complexity index is 6530. The number of nitriles is 1. The van der Waals surface area contributed by atoms with E-state index in [1.54, 1.807) is 24.5 Å². The third-order valence-electron chi connectivity index (χ3n) is 21.0. The number of benzene rings is 15. The summed E-state index contributed by atoms with van der Waals surface area (Å²) in [6, 6.07) is 156. The molecule has 0 aliphatic carbocycles. The molecule has 0 saturated heterocycles. The van der Waals surface area contributed by atoms with Crippen molar-refractivity contribution >= 4 is 45.5 Å². The minimum atomic E-state index is 0. The fraction of sp³-hybridized carbons (Fsp3) is 0. The van der Waals surface area contributed by atoms with Crippen LogP contribution in [0.2, 0.25) is 0 Å². The van der Waals surface area contributed by atoms with Crippen molar-refractivity contribution in [1.29, 1.82) is 5.26 Å². The molecular formula is C113H75N9Pt. The van der Waals surface area contributed by atoms with Crippen LogP contribution in [0.15, 0.2) is 455 Å². The SMILES string of the molecule is N#Cc1ccccc1.[C-]#[N+]c1cc(-c2ccccn2)[c-]c(N(c2[c-]c(-c3cc(-c4ccc(-c5ccccc5)cc4)ccn3)cc(-c3ccccc3)c2)c2ccccc2-c2ccccc2)c1.[C-]#[N+]c1cc(-c2ccccn2)cc(N(c2cc(-c3ccccc3)cc(-c3cc(-c4ccc(-c5ccccc5)cc4)ccn3)c2)c2ccccc2-c2ccccc2)c1.[Pt+2]. The number of anilines is 6. The Morgan fingerprint density at radius 1 is 0.244 bits per heavy atom. The molecule has 4 heterocycles. The first-order valence-corrected chi connectivity index (χ1v) is 40.1. The molecule has 123 heavy (non-hydrogen) atoms. The summed E-state index contributed by atoms with van der Waals surface area (Å²) in [5.41, 5.74) is 31.0. The van der Waals surface area contributed by atoms with Gasteiger partial charge in [-0.05, 0) is 198 Å². The normalized spacial score (nSPS) is 10.5. The van der Waals surface area contributed by atoms with Crippen LogP contribution in [0.25, 0.3) is 144 Å². The van der Waals surface area contributed by atoms with E-state index in [4.69, 9.17) is 28.4 Å². The van der Waals surface area contributed by atoms with E-state index < -0.39 is 0 Å². The molecule has 0 fully saturated rings. The third-order valence-corrected chi connectivity index (χ3v) is 21.0. The van der Waals surface area contributed by atoms with E-state index in [1.165, 1.54) is 22.3 Å². The molecule has 0 amide bonds. The van der Waals surface area contributed by atoms with Gasteiger partial charge in [0.2, 0.25) is 0 Å². The molecule has 19 aromatic rings. The van der Waals surface area contributed by atoms with Crippen molar-refractivity contribution in [1.82, 2.24) is 19.9 Å². The topological polar surface area (TPSA) is 90.5 Å². The van der Waals surface area contributed by atoms with E-state index in [-0.39, 0.29) is 21.1 Å². The van der Waals surface area contributed by atoms with E-state index in [0.717, 1.165) is 140 Å². The summed E-state index contributed by atoms with van der Waals surface area (Å²) in [6.45, 7) is 16.3. The first-order chi connectivity index (χ1) is 60.3. The van der Waals surface area contributed by atoms with Crippen LogP contribution < -0.4 is 9.80 Å². The third kappa shape index (κ3) is 19.1. The summed E-state index contributed by atoms with van der Waals surface area (Å²) in [5, 5.41) is 8.29. The van der Waals surface area contributed by atoms with Gasteiger partial charge in [0.05, 0.1) is 47.5 Å². The maximum absolute atomic E-state index is 8.29. The van der Waals surface area contributed by atoms with Crippen molar-refractivity contribution < 1.29 is 21.1 Å². The van der Waals surface area contributed by atoms with Crippen molar-refractivity contribution in [2.75, 3.05) is 9.80 Å². The van der Waals surface area contributed by atoms with Crippen LogP contribution in [0.1, 0.15) is 5.56 Å². The van der Waals surface area contributed by atoms with Crippen LogP contribution in [0, 0.1) is 36.6 Å². The fourth-order valence-corrected chi connectivity index (χ4v) is 15.0. The molecule has 0 radical (unpaired) electrons. The maximum atomic E-state index is 8.29. The summed E-state index contributed by atoms with van der Waals surface area (Å²) in [7, 11) is 0. The Balaban J connectivity index is 0.000000166. The standard InChI is InChI=1S/C53H36N4.C53H34N4.C7H5N.Pt/c2*1-54-47-32-46(51-22-13-14-29-55-51)35-49(37-47)57(53-23-12-11-21-50(53)42-19-9-4-10-20-42)48-33-44(39-17-7-3-8-18-39)31-45(34-48)52-36-43(28-30-56-52)41-26-24-40(25-27-41)38-15-5-2-6-16-38;8-6-7-4-2-1-3-5-7;/h2-37H;2-33,36-37H;1-5H;/q;-2;;+2. The van der Waals surface area contributed by atoms with Crippen molar-refractivity contribution in [2.45, 2.75) is 0 Å². The average Bonchev–Trinajstić information content (AvgIpc) is 0.766. The molecule has 0 atom stereocenters. The molecule has 0 N–H and O–H groups in total. The van der Waals surface area contributed by atoms with Crippen LogP contribution in [0.3, 0.4) is 0 Å². The van der Waals surface area contributed by atoms with Gasteiger partial charge >= 0.3 is 21.1 Å². The second kappa shape index (κ2) is 38.8. The van der Waals surface area contributed by atoms with Gasteiger partial charge in [-0.3, -0.25) is 14.8 Å². The number of nitrogens with zero attached hydrogens (tertiary/aromatic N) is 9. The molecule has 0 bridgehead atoms. The minimum Gasteiger partial charge on any atom is -0.347 e. The molecule has 15 aromatic carbocycles. The maximum Gasteiger partial charge on any atom is 2.00 e. The second-order valence-corrected chi connectivity index (χ2v) is 28.9. The Labute approximate surface area is 732 Å². The minimum absolute atomic E-state index is 0. The molecular weight excluding hydrogens is 1680 g/mol. The van der Waals surface area contributed by atoms with Gasteiger partial charge in [0.25, 0.3) is 0 Å². The van der Waals surface area contributed by atoms with E-state index >= 15 is 0 Å². The van der Waals surface area contributed by atoms with Gasteiger partial charge in [-0.2, -0.15) is 5.26 Å². The average molecular weight is 1750 g/mol. The number of rotatable bonds is 18. The van der Waals surface area contributed by atoms with Gasteiger partial charge in [0, 0.05) is 52.9 Å². The molecule has 582 valence electrons. The summed E-state index contributed by atoms with van der Waals surface area (Å²) >= 11 is 0. The smallest absolute Gasteiger partial charge is 0.347 e. The van der Waals surface area contributed by atoms with Crippen LogP contribution >= 0.6 is 0 Å². The summed E-state index contributed by atoms with van der Waals surface area (Å²) in [6.07, 6.45) is 7.31. The monoisotopic (exact) mass is 1750 g/mol. The molecule has 0 aliphatic heterocycles. The summed E-state index contributed by atoms with van der Waals surface area (Å²) in [5.74, 6) is 0. The van der Waals surface area contributed by atoms with Gasteiger partial charge in [0.1, 0.15) is 5.69 Å².